The molecule has 1 unspecified atom stereocenters. The zero-order valence-electron chi connectivity index (χ0n) is 19.7. The van der Waals surface area contributed by atoms with Gasteiger partial charge in [-0.3, -0.25) is 9.59 Å². The first kappa shape index (κ1) is 25.3. The molecule has 0 saturated carbocycles. The Bertz CT molecular complexity index is 1080. The Kier molecular flexibility index (Phi) is 9.09. The zero-order valence-corrected chi connectivity index (χ0v) is 20.5. The number of benzene rings is 2. The van der Waals surface area contributed by atoms with Gasteiger partial charge in [-0.25, -0.2) is 0 Å². The smallest absolute Gasteiger partial charge is 0.237 e. The van der Waals surface area contributed by atoms with E-state index >= 15 is 0 Å². The molecule has 0 spiro atoms. The van der Waals surface area contributed by atoms with Crippen LogP contribution in [-0.2, 0) is 29.2 Å². The van der Waals surface area contributed by atoms with Gasteiger partial charge in [0.05, 0.1) is 5.25 Å². The van der Waals surface area contributed by atoms with Gasteiger partial charge < -0.3 is 20.4 Å². The monoisotopic (exact) mass is 481 g/mol. The van der Waals surface area contributed by atoms with E-state index in [4.69, 9.17) is 10.5 Å². The number of carbonyl (C=O) groups excluding carboxylic acids is 2. The van der Waals surface area contributed by atoms with Crippen LogP contribution in [0.1, 0.15) is 38.6 Å². The first-order chi connectivity index (χ1) is 16.3. The molecule has 0 bridgehead atoms. The third-order valence-electron chi connectivity index (χ3n) is 4.96. The molecular weight excluding hydrogens is 450 g/mol. The number of ether oxygens (including phenoxy) is 1. The third-order valence-corrected chi connectivity index (χ3v) is 6.04. The highest BCUT2D eigenvalue weighted by Gasteiger charge is 2.21. The van der Waals surface area contributed by atoms with Crippen molar-refractivity contribution in [2.45, 2.75) is 57.2 Å². The summed E-state index contributed by atoms with van der Waals surface area (Å²) in [6, 6.07) is 17.2. The van der Waals surface area contributed by atoms with E-state index in [-0.39, 0.29) is 18.2 Å². The third kappa shape index (κ3) is 7.62. The number of carbonyl (C=O) groups is 2. The molecule has 180 valence electrons. The number of rotatable bonds is 12. The second-order valence-corrected chi connectivity index (χ2v) is 9.73. The molecule has 0 aliphatic carbocycles. The van der Waals surface area contributed by atoms with Crippen molar-refractivity contribution in [3.05, 3.63) is 66.0 Å². The molecule has 1 aromatic heterocycles. The summed E-state index contributed by atoms with van der Waals surface area (Å²) in [5.41, 5.74) is 7.06. The van der Waals surface area contributed by atoms with Crippen LogP contribution in [-0.4, -0.2) is 31.8 Å². The second-order valence-electron chi connectivity index (χ2n) is 8.42. The molecule has 9 heteroatoms. The topological polar surface area (TPSA) is 112 Å². The van der Waals surface area contributed by atoms with Gasteiger partial charge in [0.25, 0.3) is 0 Å². The first-order valence-electron chi connectivity index (χ1n) is 11.3. The van der Waals surface area contributed by atoms with Crippen molar-refractivity contribution in [1.82, 2.24) is 14.8 Å². The van der Waals surface area contributed by atoms with E-state index in [1.165, 1.54) is 11.8 Å². The summed E-state index contributed by atoms with van der Waals surface area (Å²) in [6.07, 6.45) is 0.636. The number of nitrogens with zero attached hydrogens (tertiary/aromatic N) is 3. The van der Waals surface area contributed by atoms with Crippen LogP contribution in [0.25, 0.3) is 0 Å². The van der Waals surface area contributed by atoms with E-state index in [0.717, 1.165) is 11.3 Å². The van der Waals surface area contributed by atoms with Crippen molar-refractivity contribution < 1.29 is 14.3 Å². The summed E-state index contributed by atoms with van der Waals surface area (Å²) in [5, 5.41) is 11.7. The maximum absolute atomic E-state index is 12.8. The molecule has 0 radical (unpaired) electrons. The number of amides is 2. The fourth-order valence-electron chi connectivity index (χ4n) is 3.21. The number of thioether (sulfide) groups is 1. The van der Waals surface area contributed by atoms with Crippen molar-refractivity contribution in [3.8, 4) is 5.75 Å². The van der Waals surface area contributed by atoms with E-state index in [1.807, 2.05) is 66.1 Å². The minimum absolute atomic E-state index is 0.138. The fraction of sp³-hybridized carbons (Fsp3) is 0.360. The van der Waals surface area contributed by atoms with Crippen LogP contribution in [0.3, 0.4) is 0 Å². The Morgan fingerprint density at radius 3 is 2.41 bits per heavy atom. The molecule has 3 N–H and O–H groups in total. The number of nitrogens with two attached hydrogens (primary N) is 1. The Morgan fingerprint density at radius 1 is 1.06 bits per heavy atom. The molecule has 0 aliphatic rings. The molecule has 1 atom stereocenters. The lowest BCUT2D eigenvalue weighted by atomic mass is 10.2. The predicted molar refractivity (Wildman–Crippen MR) is 134 cm³/mol. The molecule has 8 nitrogen and oxygen atoms in total. The summed E-state index contributed by atoms with van der Waals surface area (Å²) >= 11 is 1.34. The van der Waals surface area contributed by atoms with Crippen LogP contribution in [0.15, 0.2) is 59.8 Å². The average Bonchev–Trinajstić information content (AvgIpc) is 3.18. The zero-order chi connectivity index (χ0) is 24.5. The van der Waals surface area contributed by atoms with Gasteiger partial charge >= 0.3 is 0 Å². The second kappa shape index (κ2) is 12.2. The van der Waals surface area contributed by atoms with Gasteiger partial charge in [0.2, 0.25) is 11.8 Å². The summed E-state index contributed by atoms with van der Waals surface area (Å²) in [5.74, 6) is 1.27. The SMILES string of the molecule is CC(C)Cn1c(CCC(N)=O)nnc1SC(C)C(=O)Nc1ccc(OCc2ccccc2)cc1. The van der Waals surface area contributed by atoms with Crippen LogP contribution in [0.5, 0.6) is 5.75 Å². The maximum atomic E-state index is 12.8. The highest BCUT2D eigenvalue weighted by molar-refractivity contribution is 8.00. The molecule has 34 heavy (non-hydrogen) atoms. The fourth-order valence-corrected chi connectivity index (χ4v) is 4.08. The van der Waals surface area contributed by atoms with E-state index in [1.54, 1.807) is 0 Å². The van der Waals surface area contributed by atoms with Crippen LogP contribution >= 0.6 is 11.8 Å². The molecule has 0 aliphatic heterocycles. The van der Waals surface area contributed by atoms with E-state index in [0.29, 0.717) is 42.2 Å². The maximum Gasteiger partial charge on any atom is 0.237 e. The minimum atomic E-state index is -0.395. The Morgan fingerprint density at radius 2 is 1.76 bits per heavy atom. The van der Waals surface area contributed by atoms with Crippen molar-refractivity contribution in [2.24, 2.45) is 11.7 Å². The molecule has 0 fully saturated rings. The Balaban J connectivity index is 1.57. The standard InChI is InChI=1S/C25H31N5O3S/c1-17(2)15-30-23(14-13-22(26)31)28-29-25(30)34-18(3)24(32)27-20-9-11-21(12-10-20)33-16-19-7-5-4-6-8-19/h4-12,17-18H,13-16H2,1-3H3,(H2,26,31)(H,27,32). The Hall–Kier alpha value is -3.33. The van der Waals surface area contributed by atoms with E-state index < -0.39 is 5.25 Å². The van der Waals surface area contributed by atoms with Crippen LogP contribution in [0, 0.1) is 5.92 Å². The lowest BCUT2D eigenvalue weighted by Crippen LogP contribution is -2.23. The lowest BCUT2D eigenvalue weighted by molar-refractivity contribution is -0.118. The van der Waals surface area contributed by atoms with Gasteiger partial charge in [-0.05, 0) is 42.7 Å². The molecule has 3 aromatic rings. The number of anilines is 1. The lowest BCUT2D eigenvalue weighted by Gasteiger charge is -2.15. The van der Waals surface area contributed by atoms with Gasteiger partial charge in [0.15, 0.2) is 5.16 Å². The molecule has 2 aromatic carbocycles. The van der Waals surface area contributed by atoms with Gasteiger partial charge in [0, 0.05) is 25.1 Å². The number of aromatic nitrogens is 3. The van der Waals surface area contributed by atoms with Crippen molar-refractivity contribution >= 4 is 29.3 Å². The highest BCUT2D eigenvalue weighted by atomic mass is 32.2. The quantitative estimate of drug-likeness (QED) is 0.378. The highest BCUT2D eigenvalue weighted by Crippen LogP contribution is 2.25. The molecule has 0 saturated heterocycles. The number of hydrogen-bond donors (Lipinski definition) is 2. The van der Waals surface area contributed by atoms with E-state index in [9.17, 15) is 9.59 Å². The van der Waals surface area contributed by atoms with Gasteiger partial charge in [0.1, 0.15) is 18.2 Å². The van der Waals surface area contributed by atoms with E-state index in [2.05, 4.69) is 29.4 Å². The number of aryl methyl sites for hydroxylation is 1. The number of nitrogens with one attached hydrogen (secondary N) is 1. The molecular formula is C25H31N5O3S. The number of hydrogen-bond acceptors (Lipinski definition) is 6. The first-order valence-corrected chi connectivity index (χ1v) is 12.1. The van der Waals surface area contributed by atoms with Crippen LogP contribution < -0.4 is 15.8 Å². The average molecular weight is 482 g/mol. The van der Waals surface area contributed by atoms with Gasteiger partial charge in [-0.2, -0.15) is 0 Å². The number of primary amides is 1. The summed E-state index contributed by atoms with van der Waals surface area (Å²) in [6.45, 7) is 7.20. The van der Waals surface area contributed by atoms with Crippen LogP contribution in [0.4, 0.5) is 5.69 Å². The molecule has 2 amide bonds. The molecule has 1 heterocycles. The van der Waals surface area contributed by atoms with Gasteiger partial charge in [-0.1, -0.05) is 55.9 Å². The predicted octanol–water partition coefficient (Wildman–Crippen LogP) is 4.05. The Labute approximate surface area is 204 Å². The molecule has 3 rings (SSSR count). The van der Waals surface area contributed by atoms with Crippen molar-refractivity contribution in [1.29, 1.82) is 0 Å². The van der Waals surface area contributed by atoms with Crippen molar-refractivity contribution in [3.63, 3.8) is 0 Å². The minimum Gasteiger partial charge on any atom is -0.489 e. The summed E-state index contributed by atoms with van der Waals surface area (Å²) in [4.78, 5) is 24.0. The summed E-state index contributed by atoms with van der Waals surface area (Å²) < 4.78 is 7.77. The van der Waals surface area contributed by atoms with Crippen LogP contribution in [0.2, 0.25) is 0 Å². The largest absolute Gasteiger partial charge is 0.489 e. The van der Waals surface area contributed by atoms with Gasteiger partial charge in [-0.15, -0.1) is 10.2 Å². The summed E-state index contributed by atoms with van der Waals surface area (Å²) in [7, 11) is 0. The van der Waals surface area contributed by atoms with Crippen molar-refractivity contribution in [2.75, 3.05) is 5.32 Å². The normalized spacial score (nSPS) is 11.9.